The average molecular weight is 188 g/mol. The van der Waals surface area contributed by atoms with E-state index < -0.39 is 17.7 Å². The van der Waals surface area contributed by atoms with Crippen LogP contribution >= 0.6 is 0 Å². The SMILES string of the molecule is CC[C@@H](C)C(=O)OOC(=O)C(C)=O. The van der Waals surface area contributed by atoms with Gasteiger partial charge >= 0.3 is 11.9 Å². The van der Waals surface area contributed by atoms with Gasteiger partial charge in [-0.15, -0.1) is 0 Å². The molecule has 0 amide bonds. The van der Waals surface area contributed by atoms with Gasteiger partial charge in [0.25, 0.3) is 0 Å². The Morgan fingerprint density at radius 3 is 2.15 bits per heavy atom. The standard InChI is InChI=1S/C8H12O5/c1-4-5(2)7(10)12-13-8(11)6(3)9/h5H,4H2,1-3H3/t5-/m1/s1. The van der Waals surface area contributed by atoms with Crippen molar-refractivity contribution in [2.45, 2.75) is 27.2 Å². The molecule has 0 saturated carbocycles. The first-order valence-electron chi connectivity index (χ1n) is 3.92. The minimum absolute atomic E-state index is 0.347. The predicted molar refractivity (Wildman–Crippen MR) is 42.3 cm³/mol. The Bertz CT molecular complexity index is 221. The van der Waals surface area contributed by atoms with Gasteiger partial charge in [0.05, 0.1) is 5.92 Å². The zero-order valence-electron chi connectivity index (χ0n) is 7.83. The van der Waals surface area contributed by atoms with Gasteiger partial charge in [0.2, 0.25) is 5.78 Å². The first-order valence-corrected chi connectivity index (χ1v) is 3.92. The van der Waals surface area contributed by atoms with Gasteiger partial charge in [0.15, 0.2) is 0 Å². The fourth-order valence-corrected chi connectivity index (χ4v) is 0.386. The molecule has 0 aromatic rings. The number of hydrogen-bond acceptors (Lipinski definition) is 5. The minimum atomic E-state index is -1.17. The highest BCUT2D eigenvalue weighted by atomic mass is 17.2. The lowest BCUT2D eigenvalue weighted by atomic mass is 10.1. The molecule has 0 unspecified atom stereocenters. The van der Waals surface area contributed by atoms with Crippen molar-refractivity contribution < 1.29 is 24.2 Å². The fraction of sp³-hybridized carbons (Fsp3) is 0.625. The average Bonchev–Trinajstić information content (AvgIpc) is 2.11. The largest absolute Gasteiger partial charge is 0.421 e. The molecule has 0 aliphatic heterocycles. The summed E-state index contributed by atoms with van der Waals surface area (Å²) in [6.07, 6.45) is 0.580. The van der Waals surface area contributed by atoms with E-state index >= 15 is 0 Å². The number of ketones is 1. The van der Waals surface area contributed by atoms with Crippen LogP contribution in [0.2, 0.25) is 0 Å². The first-order chi connectivity index (χ1) is 5.99. The molecule has 5 heteroatoms. The highest BCUT2D eigenvalue weighted by Crippen LogP contribution is 2.03. The molecule has 74 valence electrons. The molecule has 0 N–H and O–H groups in total. The Kier molecular flexibility index (Phi) is 4.72. The van der Waals surface area contributed by atoms with Crippen molar-refractivity contribution >= 4 is 17.7 Å². The number of hydrogen-bond donors (Lipinski definition) is 0. The number of carbonyl (C=O) groups is 3. The summed E-state index contributed by atoms with van der Waals surface area (Å²) in [5.41, 5.74) is 0. The van der Waals surface area contributed by atoms with Crippen LogP contribution in [-0.4, -0.2) is 17.7 Å². The van der Waals surface area contributed by atoms with Crippen LogP contribution in [0, 0.1) is 5.92 Å². The van der Waals surface area contributed by atoms with Crippen LogP contribution in [0.25, 0.3) is 0 Å². The summed E-state index contributed by atoms with van der Waals surface area (Å²) < 4.78 is 0. The molecule has 0 rings (SSSR count). The van der Waals surface area contributed by atoms with Crippen LogP contribution in [0.1, 0.15) is 27.2 Å². The molecule has 0 aliphatic rings. The quantitative estimate of drug-likeness (QED) is 0.369. The molecule has 0 fully saturated rings. The van der Waals surface area contributed by atoms with E-state index in [4.69, 9.17) is 0 Å². The van der Waals surface area contributed by atoms with E-state index in [1.807, 2.05) is 0 Å². The van der Waals surface area contributed by atoms with Crippen molar-refractivity contribution in [3.05, 3.63) is 0 Å². The number of carbonyl (C=O) groups excluding carboxylic acids is 3. The molecule has 13 heavy (non-hydrogen) atoms. The Hall–Kier alpha value is -1.39. The minimum Gasteiger partial charge on any atom is -0.287 e. The zero-order chi connectivity index (χ0) is 10.4. The van der Waals surface area contributed by atoms with Crippen LogP contribution in [0.4, 0.5) is 0 Å². The normalized spacial score (nSPS) is 11.6. The molecule has 0 aliphatic carbocycles. The third kappa shape index (κ3) is 4.25. The van der Waals surface area contributed by atoms with Gasteiger partial charge in [0.1, 0.15) is 0 Å². The highest BCUT2D eigenvalue weighted by molar-refractivity contribution is 6.32. The zero-order valence-corrected chi connectivity index (χ0v) is 7.83. The van der Waals surface area contributed by atoms with E-state index in [9.17, 15) is 14.4 Å². The lowest BCUT2D eigenvalue weighted by molar-refractivity contribution is -0.259. The van der Waals surface area contributed by atoms with Crippen molar-refractivity contribution in [1.82, 2.24) is 0 Å². The summed E-state index contributed by atoms with van der Waals surface area (Å²) in [4.78, 5) is 39.8. The van der Waals surface area contributed by atoms with Crippen molar-refractivity contribution in [2.75, 3.05) is 0 Å². The second-order valence-electron chi connectivity index (χ2n) is 2.64. The highest BCUT2D eigenvalue weighted by Gasteiger charge is 2.17. The molecule has 0 aromatic carbocycles. The van der Waals surface area contributed by atoms with E-state index in [1.54, 1.807) is 13.8 Å². The summed E-state index contributed by atoms with van der Waals surface area (Å²) >= 11 is 0. The van der Waals surface area contributed by atoms with Crippen molar-refractivity contribution in [3.8, 4) is 0 Å². The van der Waals surface area contributed by atoms with Crippen molar-refractivity contribution in [3.63, 3.8) is 0 Å². The molecule has 1 atom stereocenters. The lowest BCUT2D eigenvalue weighted by Gasteiger charge is -2.05. The molecule has 0 saturated heterocycles. The maximum absolute atomic E-state index is 10.9. The summed E-state index contributed by atoms with van der Waals surface area (Å²) in [5, 5.41) is 0. The lowest BCUT2D eigenvalue weighted by Crippen LogP contribution is -2.20. The van der Waals surface area contributed by atoms with Crippen LogP contribution in [0.5, 0.6) is 0 Å². The Morgan fingerprint density at radius 1 is 1.23 bits per heavy atom. The Labute approximate surface area is 75.9 Å². The first kappa shape index (κ1) is 11.6. The topological polar surface area (TPSA) is 69.7 Å². The fourth-order valence-electron chi connectivity index (χ4n) is 0.386. The van der Waals surface area contributed by atoms with E-state index in [0.717, 1.165) is 6.92 Å². The van der Waals surface area contributed by atoms with Gasteiger partial charge in [-0.3, -0.25) is 4.79 Å². The van der Waals surface area contributed by atoms with Gasteiger partial charge in [0, 0.05) is 6.92 Å². The molecular weight excluding hydrogens is 176 g/mol. The van der Waals surface area contributed by atoms with Gasteiger partial charge in [-0.1, -0.05) is 13.8 Å². The summed E-state index contributed by atoms with van der Waals surface area (Å²) in [7, 11) is 0. The van der Waals surface area contributed by atoms with E-state index in [-0.39, 0.29) is 5.92 Å². The molecule has 0 heterocycles. The maximum atomic E-state index is 10.9. The predicted octanol–water partition coefficient (Wildman–Crippen LogP) is 0.623. The van der Waals surface area contributed by atoms with Gasteiger partial charge in [-0.25, -0.2) is 19.4 Å². The van der Waals surface area contributed by atoms with Crippen LogP contribution in [-0.2, 0) is 24.2 Å². The third-order valence-electron chi connectivity index (χ3n) is 1.50. The Balaban J connectivity index is 3.83. The molecule has 5 nitrogen and oxygen atoms in total. The maximum Gasteiger partial charge on any atom is 0.421 e. The number of Topliss-reactive ketones (excluding diaryl/α,β-unsaturated/α-hetero) is 1. The number of rotatable bonds is 3. The second-order valence-corrected chi connectivity index (χ2v) is 2.64. The van der Waals surface area contributed by atoms with Crippen LogP contribution < -0.4 is 0 Å². The molecular formula is C8H12O5. The van der Waals surface area contributed by atoms with Crippen LogP contribution in [0.15, 0.2) is 0 Å². The van der Waals surface area contributed by atoms with Gasteiger partial charge < -0.3 is 0 Å². The van der Waals surface area contributed by atoms with E-state index in [1.165, 1.54) is 0 Å². The summed E-state index contributed by atoms with van der Waals surface area (Å²) in [5.74, 6) is -2.98. The van der Waals surface area contributed by atoms with Gasteiger partial charge in [-0.05, 0) is 6.42 Å². The van der Waals surface area contributed by atoms with Crippen molar-refractivity contribution in [1.29, 1.82) is 0 Å². The van der Waals surface area contributed by atoms with E-state index in [2.05, 4.69) is 9.78 Å². The summed E-state index contributed by atoms with van der Waals surface area (Å²) in [6.45, 7) is 4.45. The smallest absolute Gasteiger partial charge is 0.287 e. The molecule has 0 spiro atoms. The van der Waals surface area contributed by atoms with Crippen molar-refractivity contribution in [2.24, 2.45) is 5.92 Å². The molecule has 0 bridgehead atoms. The molecule has 0 radical (unpaired) electrons. The summed E-state index contributed by atoms with van der Waals surface area (Å²) in [6, 6.07) is 0. The van der Waals surface area contributed by atoms with E-state index in [0.29, 0.717) is 6.42 Å². The van der Waals surface area contributed by atoms with Crippen LogP contribution in [0.3, 0.4) is 0 Å². The third-order valence-corrected chi connectivity index (χ3v) is 1.50. The monoisotopic (exact) mass is 188 g/mol. The Morgan fingerprint density at radius 2 is 1.77 bits per heavy atom. The molecule has 0 aromatic heterocycles. The second kappa shape index (κ2) is 5.29. The van der Waals surface area contributed by atoms with Gasteiger partial charge in [-0.2, -0.15) is 0 Å².